The molecule has 0 spiro atoms. The van der Waals surface area contributed by atoms with Crippen LogP contribution in [0.15, 0.2) is 59.4 Å². The molecule has 0 aliphatic carbocycles. The molecule has 3 N–H and O–H groups in total. The van der Waals surface area contributed by atoms with Gasteiger partial charge in [0.15, 0.2) is 0 Å². The van der Waals surface area contributed by atoms with Crippen LogP contribution in [0.1, 0.15) is 10.6 Å². The average molecular weight is 280 g/mol. The Morgan fingerprint density at radius 1 is 1.05 bits per heavy atom. The van der Waals surface area contributed by atoms with Crippen LogP contribution in [0.3, 0.4) is 0 Å². The molecular formula is C15H12N4O2. The third-order valence-electron chi connectivity index (χ3n) is 2.90. The highest BCUT2D eigenvalue weighted by Crippen LogP contribution is 2.22. The summed E-state index contributed by atoms with van der Waals surface area (Å²) in [6.07, 6.45) is 3.44. The third-order valence-corrected chi connectivity index (χ3v) is 2.90. The number of benzene rings is 1. The lowest BCUT2D eigenvalue weighted by Gasteiger charge is -2.06. The third kappa shape index (κ3) is 2.89. The molecule has 0 atom stereocenters. The topological polar surface area (TPSA) is 94.0 Å². The second-order valence-electron chi connectivity index (χ2n) is 4.38. The van der Waals surface area contributed by atoms with E-state index in [1.807, 2.05) is 36.4 Å². The highest BCUT2D eigenvalue weighted by Gasteiger charge is 2.10. The van der Waals surface area contributed by atoms with Crippen LogP contribution < -0.4 is 11.1 Å². The molecule has 1 amide bonds. The summed E-state index contributed by atoms with van der Waals surface area (Å²) in [5.41, 5.74) is 8.42. The molecular weight excluding hydrogens is 268 g/mol. The molecule has 3 aromatic rings. The van der Waals surface area contributed by atoms with Gasteiger partial charge in [-0.15, -0.1) is 0 Å². The number of rotatable bonds is 4. The molecule has 0 saturated carbocycles. The highest BCUT2D eigenvalue weighted by atomic mass is 16.5. The van der Waals surface area contributed by atoms with E-state index in [0.717, 1.165) is 16.9 Å². The van der Waals surface area contributed by atoms with E-state index in [2.05, 4.69) is 15.5 Å². The number of anilines is 2. The molecule has 1 aromatic carbocycles. The molecule has 0 aliphatic heterocycles. The van der Waals surface area contributed by atoms with Crippen molar-refractivity contribution in [3.05, 3.63) is 60.6 Å². The van der Waals surface area contributed by atoms with Crippen LogP contribution in [0.4, 0.5) is 11.4 Å². The summed E-state index contributed by atoms with van der Waals surface area (Å²) in [5, 5.41) is 7.06. The molecule has 2 heterocycles. The number of nitrogens with two attached hydrogens (primary N) is 1. The van der Waals surface area contributed by atoms with Crippen molar-refractivity contribution < 1.29 is 9.32 Å². The van der Waals surface area contributed by atoms with Gasteiger partial charge in [0.05, 0.1) is 0 Å². The molecule has 0 saturated heterocycles. The predicted molar refractivity (Wildman–Crippen MR) is 78.0 cm³/mol. The van der Waals surface area contributed by atoms with E-state index in [-0.39, 0.29) is 5.76 Å². The van der Waals surface area contributed by atoms with E-state index in [1.54, 1.807) is 12.4 Å². The minimum atomic E-state index is -0.635. The zero-order valence-corrected chi connectivity index (χ0v) is 11.0. The van der Waals surface area contributed by atoms with Crippen LogP contribution in [0, 0.1) is 0 Å². The Balaban J connectivity index is 1.78. The summed E-state index contributed by atoms with van der Waals surface area (Å²) in [5.74, 6) is -0.589. The van der Waals surface area contributed by atoms with E-state index >= 15 is 0 Å². The van der Waals surface area contributed by atoms with Gasteiger partial charge in [-0.25, -0.2) is 0 Å². The van der Waals surface area contributed by atoms with Crippen molar-refractivity contribution >= 4 is 17.3 Å². The minimum Gasteiger partial charge on any atom is -0.363 e. The average Bonchev–Trinajstić information content (AvgIpc) is 2.99. The Hall–Kier alpha value is -3.15. The number of hydrogen-bond acceptors (Lipinski definition) is 5. The quantitative estimate of drug-likeness (QED) is 0.766. The monoisotopic (exact) mass is 280 g/mol. The summed E-state index contributed by atoms with van der Waals surface area (Å²) in [7, 11) is 0. The van der Waals surface area contributed by atoms with Gasteiger partial charge >= 0.3 is 0 Å². The van der Waals surface area contributed by atoms with E-state index < -0.39 is 5.91 Å². The van der Waals surface area contributed by atoms with Crippen LogP contribution in [0.5, 0.6) is 0 Å². The molecule has 0 unspecified atom stereocenters. The number of nitrogens with one attached hydrogen (secondary N) is 1. The van der Waals surface area contributed by atoms with Crippen LogP contribution in [-0.4, -0.2) is 16.0 Å². The Kier molecular flexibility index (Phi) is 3.34. The molecule has 0 aliphatic rings. The SMILES string of the molecule is NC(=O)c1cc(-c2ccc(Nc3ccncc3)cc2)no1. The van der Waals surface area contributed by atoms with Crippen LogP contribution in [-0.2, 0) is 0 Å². The van der Waals surface area contributed by atoms with Crippen molar-refractivity contribution in [2.24, 2.45) is 5.73 Å². The Morgan fingerprint density at radius 3 is 2.33 bits per heavy atom. The zero-order chi connectivity index (χ0) is 14.7. The number of nitrogens with zero attached hydrogens (tertiary/aromatic N) is 2. The first-order chi connectivity index (χ1) is 10.2. The molecule has 0 bridgehead atoms. The predicted octanol–water partition coefficient (Wildman–Crippen LogP) is 2.58. The van der Waals surface area contributed by atoms with Crippen LogP contribution in [0.2, 0.25) is 0 Å². The summed E-state index contributed by atoms with van der Waals surface area (Å²) >= 11 is 0. The zero-order valence-electron chi connectivity index (χ0n) is 11.0. The molecule has 21 heavy (non-hydrogen) atoms. The Bertz CT molecular complexity index is 751. The fraction of sp³-hybridized carbons (Fsp3) is 0. The number of aromatic nitrogens is 2. The molecule has 3 rings (SSSR count). The lowest BCUT2D eigenvalue weighted by atomic mass is 10.1. The number of hydrogen-bond donors (Lipinski definition) is 2. The number of pyridine rings is 1. The van der Waals surface area contributed by atoms with Crippen molar-refractivity contribution in [1.82, 2.24) is 10.1 Å². The van der Waals surface area contributed by atoms with E-state index in [0.29, 0.717) is 5.69 Å². The second kappa shape index (κ2) is 5.46. The number of amides is 1. The van der Waals surface area contributed by atoms with Gasteiger partial charge < -0.3 is 15.6 Å². The normalized spacial score (nSPS) is 10.3. The molecule has 6 heteroatoms. The molecule has 0 radical (unpaired) electrons. The maximum atomic E-state index is 11.0. The van der Waals surface area contributed by atoms with Crippen molar-refractivity contribution in [3.63, 3.8) is 0 Å². The van der Waals surface area contributed by atoms with Crippen molar-refractivity contribution in [2.45, 2.75) is 0 Å². The molecule has 104 valence electrons. The van der Waals surface area contributed by atoms with Gasteiger partial charge in [0, 0.05) is 35.4 Å². The second-order valence-corrected chi connectivity index (χ2v) is 4.38. The van der Waals surface area contributed by atoms with Gasteiger partial charge in [0.25, 0.3) is 5.91 Å². The van der Waals surface area contributed by atoms with Gasteiger partial charge in [0.2, 0.25) is 5.76 Å². The maximum Gasteiger partial charge on any atom is 0.287 e. The number of carbonyl (C=O) groups excluding carboxylic acids is 1. The fourth-order valence-electron chi connectivity index (χ4n) is 1.85. The summed E-state index contributed by atoms with van der Waals surface area (Å²) in [6, 6.07) is 12.9. The summed E-state index contributed by atoms with van der Waals surface area (Å²) < 4.78 is 4.86. The first-order valence-electron chi connectivity index (χ1n) is 6.26. The van der Waals surface area contributed by atoms with E-state index in [9.17, 15) is 4.79 Å². The first kappa shape index (κ1) is 12.9. The van der Waals surface area contributed by atoms with Gasteiger partial charge in [-0.2, -0.15) is 0 Å². The lowest BCUT2D eigenvalue weighted by molar-refractivity contribution is 0.0965. The van der Waals surface area contributed by atoms with E-state index in [4.69, 9.17) is 10.3 Å². The van der Waals surface area contributed by atoms with E-state index in [1.165, 1.54) is 6.07 Å². The number of carbonyl (C=O) groups is 1. The van der Waals surface area contributed by atoms with Gasteiger partial charge in [-0.3, -0.25) is 9.78 Å². The standard InChI is InChI=1S/C15H12N4O2/c16-15(20)14-9-13(19-21-14)10-1-3-11(4-2-10)18-12-5-7-17-8-6-12/h1-9H,(H2,16,20)(H,17,18). The van der Waals surface area contributed by atoms with Gasteiger partial charge in [-0.05, 0) is 24.3 Å². The summed E-state index contributed by atoms with van der Waals surface area (Å²) in [4.78, 5) is 14.9. The van der Waals surface area contributed by atoms with Gasteiger partial charge in [0.1, 0.15) is 5.69 Å². The highest BCUT2D eigenvalue weighted by molar-refractivity contribution is 5.90. The molecule has 2 aromatic heterocycles. The largest absolute Gasteiger partial charge is 0.363 e. The smallest absolute Gasteiger partial charge is 0.287 e. The maximum absolute atomic E-state index is 11.0. The minimum absolute atomic E-state index is 0.0454. The fourth-order valence-corrected chi connectivity index (χ4v) is 1.85. The summed E-state index contributed by atoms with van der Waals surface area (Å²) in [6.45, 7) is 0. The van der Waals surface area contributed by atoms with Crippen LogP contribution >= 0.6 is 0 Å². The first-order valence-corrected chi connectivity index (χ1v) is 6.26. The van der Waals surface area contributed by atoms with Crippen molar-refractivity contribution in [3.8, 4) is 11.3 Å². The van der Waals surface area contributed by atoms with Crippen LogP contribution in [0.25, 0.3) is 11.3 Å². The Labute approximate surface area is 120 Å². The lowest BCUT2D eigenvalue weighted by Crippen LogP contribution is -2.09. The van der Waals surface area contributed by atoms with Crippen molar-refractivity contribution in [1.29, 1.82) is 0 Å². The Morgan fingerprint density at radius 2 is 1.71 bits per heavy atom. The molecule has 0 fully saturated rings. The number of primary amides is 1. The van der Waals surface area contributed by atoms with Crippen molar-refractivity contribution in [2.75, 3.05) is 5.32 Å². The molecule has 6 nitrogen and oxygen atoms in total. The van der Waals surface area contributed by atoms with Gasteiger partial charge in [-0.1, -0.05) is 17.3 Å².